The summed E-state index contributed by atoms with van der Waals surface area (Å²) in [5, 5.41) is 6.63. The summed E-state index contributed by atoms with van der Waals surface area (Å²) < 4.78 is 18.5. The van der Waals surface area contributed by atoms with Crippen molar-refractivity contribution >= 4 is 5.91 Å². The summed E-state index contributed by atoms with van der Waals surface area (Å²) in [5.41, 5.74) is 0.615. The van der Waals surface area contributed by atoms with Crippen molar-refractivity contribution in [3.8, 4) is 11.5 Å². The van der Waals surface area contributed by atoms with Gasteiger partial charge in [-0.3, -0.25) is 4.79 Å². The third-order valence-corrected chi connectivity index (χ3v) is 4.78. The number of carbonyl (C=O) groups excluding carboxylic acids is 1. The highest BCUT2D eigenvalue weighted by molar-refractivity contribution is 5.94. The van der Waals surface area contributed by atoms with Gasteiger partial charge in [0.25, 0.3) is 5.91 Å². The first kappa shape index (κ1) is 15.1. The number of ether oxygens (including phenoxy) is 1. The van der Waals surface area contributed by atoms with Crippen molar-refractivity contribution in [3.05, 3.63) is 59.9 Å². The fourth-order valence-corrected chi connectivity index (χ4v) is 3.55. The van der Waals surface area contributed by atoms with E-state index in [-0.39, 0.29) is 17.8 Å². The Labute approximate surface area is 140 Å². The van der Waals surface area contributed by atoms with Crippen LogP contribution in [-0.4, -0.2) is 24.0 Å². The second-order valence-corrected chi connectivity index (χ2v) is 6.44. The molecule has 5 heteroatoms. The maximum Gasteiger partial charge on any atom is 0.251 e. The van der Waals surface area contributed by atoms with E-state index in [4.69, 9.17) is 4.74 Å². The quantitative estimate of drug-likeness (QED) is 0.907. The van der Waals surface area contributed by atoms with Gasteiger partial charge in [0, 0.05) is 23.7 Å². The Balaban J connectivity index is 1.38. The molecule has 2 saturated heterocycles. The zero-order valence-corrected chi connectivity index (χ0v) is 13.2. The zero-order chi connectivity index (χ0) is 16.5. The van der Waals surface area contributed by atoms with Gasteiger partial charge in [-0.1, -0.05) is 0 Å². The summed E-state index contributed by atoms with van der Waals surface area (Å²) in [7, 11) is 0. The third kappa shape index (κ3) is 3.12. The lowest BCUT2D eigenvalue weighted by atomic mass is 9.95. The van der Waals surface area contributed by atoms with Crippen LogP contribution in [0.5, 0.6) is 11.5 Å². The molecule has 2 heterocycles. The summed E-state index contributed by atoms with van der Waals surface area (Å²) in [6, 6.07) is 14.0. The molecule has 2 aliphatic heterocycles. The number of fused-ring (bicyclic) bond motifs is 2. The molecule has 1 amide bonds. The first-order valence-corrected chi connectivity index (χ1v) is 8.28. The van der Waals surface area contributed by atoms with Crippen molar-refractivity contribution in [2.75, 3.05) is 0 Å². The van der Waals surface area contributed by atoms with E-state index < -0.39 is 0 Å². The second kappa shape index (κ2) is 6.24. The van der Waals surface area contributed by atoms with Crippen LogP contribution in [0.15, 0.2) is 48.5 Å². The molecule has 124 valence electrons. The zero-order valence-electron chi connectivity index (χ0n) is 13.2. The smallest absolute Gasteiger partial charge is 0.251 e. The van der Waals surface area contributed by atoms with Crippen LogP contribution in [-0.2, 0) is 0 Å². The molecular formula is C19H19FN2O2. The van der Waals surface area contributed by atoms with Gasteiger partial charge >= 0.3 is 0 Å². The first-order valence-electron chi connectivity index (χ1n) is 8.28. The van der Waals surface area contributed by atoms with E-state index in [0.29, 0.717) is 29.1 Å². The number of hydrogen-bond acceptors (Lipinski definition) is 3. The van der Waals surface area contributed by atoms with Gasteiger partial charge in [-0.25, -0.2) is 4.39 Å². The molecule has 0 spiro atoms. The Morgan fingerprint density at radius 2 is 1.71 bits per heavy atom. The summed E-state index contributed by atoms with van der Waals surface area (Å²) in [4.78, 5) is 12.4. The Hall–Kier alpha value is -2.40. The fourth-order valence-electron chi connectivity index (χ4n) is 3.55. The van der Waals surface area contributed by atoms with Gasteiger partial charge in [-0.05, 0) is 67.8 Å². The predicted molar refractivity (Wildman–Crippen MR) is 88.7 cm³/mol. The summed E-state index contributed by atoms with van der Waals surface area (Å²) >= 11 is 0. The van der Waals surface area contributed by atoms with Crippen LogP contribution >= 0.6 is 0 Å². The number of halogens is 1. The Kier molecular flexibility index (Phi) is 3.94. The van der Waals surface area contributed by atoms with Gasteiger partial charge in [0.2, 0.25) is 0 Å². The van der Waals surface area contributed by atoms with Crippen molar-refractivity contribution in [1.82, 2.24) is 10.6 Å². The lowest BCUT2D eigenvalue weighted by Crippen LogP contribution is -2.42. The number of benzene rings is 2. The largest absolute Gasteiger partial charge is 0.457 e. The number of nitrogens with one attached hydrogen (secondary N) is 2. The van der Waals surface area contributed by atoms with Gasteiger partial charge < -0.3 is 15.4 Å². The van der Waals surface area contributed by atoms with Crippen LogP contribution in [0.1, 0.15) is 29.6 Å². The van der Waals surface area contributed by atoms with Crippen molar-refractivity contribution < 1.29 is 13.9 Å². The number of amides is 1. The molecule has 2 N–H and O–H groups in total. The molecule has 4 nitrogen and oxygen atoms in total. The maximum atomic E-state index is 12.9. The number of hydrogen-bond donors (Lipinski definition) is 2. The highest BCUT2D eigenvalue weighted by atomic mass is 19.1. The summed E-state index contributed by atoms with van der Waals surface area (Å²) in [5.74, 6) is 0.813. The van der Waals surface area contributed by atoms with E-state index in [0.717, 1.165) is 12.8 Å². The Morgan fingerprint density at radius 1 is 1.04 bits per heavy atom. The summed E-state index contributed by atoms with van der Waals surface area (Å²) in [6.07, 6.45) is 3.37. The third-order valence-electron chi connectivity index (χ3n) is 4.78. The molecule has 2 aromatic rings. The SMILES string of the molecule is O=C(N[C@@H]1C[C@H]2CC[C@@H]1N2)c1ccc(Oc2ccc(F)cc2)cc1. The van der Waals surface area contributed by atoms with Crippen molar-refractivity contribution in [3.63, 3.8) is 0 Å². The standard InChI is InChI=1S/C19H19FN2O2/c20-13-3-8-16(9-4-13)24-15-6-1-12(2-7-15)19(23)22-18-11-14-5-10-17(18)21-14/h1-4,6-9,14,17-18,21H,5,10-11H2,(H,22,23)/t14-,17+,18-/m1/s1. The van der Waals surface area contributed by atoms with Crippen molar-refractivity contribution in [1.29, 1.82) is 0 Å². The van der Waals surface area contributed by atoms with E-state index in [1.165, 1.54) is 18.6 Å². The molecule has 2 aromatic carbocycles. The normalized spacial score (nSPS) is 24.8. The first-order chi connectivity index (χ1) is 11.7. The van der Waals surface area contributed by atoms with Crippen molar-refractivity contribution in [2.45, 2.75) is 37.4 Å². The lowest BCUT2D eigenvalue weighted by Gasteiger charge is -2.21. The van der Waals surface area contributed by atoms with E-state index in [9.17, 15) is 9.18 Å². The molecular weight excluding hydrogens is 307 g/mol. The molecule has 2 bridgehead atoms. The summed E-state index contributed by atoms with van der Waals surface area (Å²) in [6.45, 7) is 0. The van der Waals surface area contributed by atoms with Crippen LogP contribution in [0.25, 0.3) is 0 Å². The van der Waals surface area contributed by atoms with E-state index in [2.05, 4.69) is 10.6 Å². The average molecular weight is 326 g/mol. The van der Waals surface area contributed by atoms with Crippen molar-refractivity contribution in [2.24, 2.45) is 0 Å². The van der Waals surface area contributed by atoms with E-state index in [1.807, 2.05) is 0 Å². The Morgan fingerprint density at radius 3 is 2.29 bits per heavy atom. The van der Waals surface area contributed by atoms with Crippen LogP contribution in [0, 0.1) is 5.82 Å². The molecule has 24 heavy (non-hydrogen) atoms. The lowest BCUT2D eigenvalue weighted by molar-refractivity contribution is 0.0931. The van der Waals surface area contributed by atoms with Crippen LogP contribution in [0.3, 0.4) is 0 Å². The molecule has 0 aromatic heterocycles. The second-order valence-electron chi connectivity index (χ2n) is 6.44. The van der Waals surface area contributed by atoms with Gasteiger partial charge in [-0.15, -0.1) is 0 Å². The van der Waals surface area contributed by atoms with E-state index >= 15 is 0 Å². The topological polar surface area (TPSA) is 50.4 Å². The highest BCUT2D eigenvalue weighted by Gasteiger charge is 2.39. The molecule has 3 atom stereocenters. The molecule has 0 aliphatic carbocycles. The predicted octanol–water partition coefficient (Wildman–Crippen LogP) is 3.24. The van der Waals surface area contributed by atoms with Gasteiger partial charge in [0.15, 0.2) is 0 Å². The van der Waals surface area contributed by atoms with Crippen LogP contribution < -0.4 is 15.4 Å². The number of carbonyl (C=O) groups is 1. The minimum Gasteiger partial charge on any atom is -0.457 e. The number of rotatable bonds is 4. The van der Waals surface area contributed by atoms with Gasteiger partial charge in [0.1, 0.15) is 17.3 Å². The highest BCUT2D eigenvalue weighted by Crippen LogP contribution is 2.28. The average Bonchev–Trinajstić information content (AvgIpc) is 3.20. The molecule has 0 radical (unpaired) electrons. The molecule has 0 saturated carbocycles. The molecule has 2 aliphatic rings. The fraction of sp³-hybridized carbons (Fsp3) is 0.316. The maximum absolute atomic E-state index is 12.9. The minimum atomic E-state index is -0.301. The van der Waals surface area contributed by atoms with Crippen LogP contribution in [0.4, 0.5) is 4.39 Å². The van der Waals surface area contributed by atoms with Crippen LogP contribution in [0.2, 0.25) is 0 Å². The molecule has 4 rings (SSSR count). The van der Waals surface area contributed by atoms with E-state index in [1.54, 1.807) is 36.4 Å². The van der Waals surface area contributed by atoms with Gasteiger partial charge in [-0.2, -0.15) is 0 Å². The molecule has 2 fully saturated rings. The monoisotopic (exact) mass is 326 g/mol. The van der Waals surface area contributed by atoms with Gasteiger partial charge in [0.05, 0.1) is 0 Å². The minimum absolute atomic E-state index is 0.0531. The molecule has 0 unspecified atom stereocenters. The Bertz CT molecular complexity index is 730.